The van der Waals surface area contributed by atoms with Gasteiger partial charge in [0.05, 0.1) is 11.4 Å². The number of para-hydroxylation sites is 1. The van der Waals surface area contributed by atoms with E-state index in [1.54, 1.807) is 52.8 Å². The SMILES string of the molecule is O=C(Nc1c2c(nn1-c1ccccc1)CSC2)c1ccc(C(=O)c2ccccc2)cc1. The Morgan fingerprint density at radius 1 is 0.774 bits per heavy atom. The van der Waals surface area contributed by atoms with Crippen LogP contribution in [0.2, 0.25) is 0 Å². The summed E-state index contributed by atoms with van der Waals surface area (Å²) in [5.41, 5.74) is 4.64. The zero-order valence-electron chi connectivity index (χ0n) is 16.6. The highest BCUT2D eigenvalue weighted by atomic mass is 32.2. The highest BCUT2D eigenvalue weighted by Gasteiger charge is 2.25. The lowest BCUT2D eigenvalue weighted by atomic mass is 10.0. The van der Waals surface area contributed by atoms with E-state index in [9.17, 15) is 9.59 Å². The van der Waals surface area contributed by atoms with Crippen molar-refractivity contribution in [1.82, 2.24) is 9.78 Å². The van der Waals surface area contributed by atoms with Gasteiger partial charge in [-0.2, -0.15) is 16.9 Å². The highest BCUT2D eigenvalue weighted by molar-refractivity contribution is 7.98. The normalized spacial score (nSPS) is 12.4. The van der Waals surface area contributed by atoms with E-state index in [1.165, 1.54) is 0 Å². The second-order valence-corrected chi connectivity index (χ2v) is 8.23. The summed E-state index contributed by atoms with van der Waals surface area (Å²) in [6.45, 7) is 0. The Kier molecular flexibility index (Phi) is 5.14. The maximum absolute atomic E-state index is 13.0. The van der Waals surface area contributed by atoms with Crippen molar-refractivity contribution in [1.29, 1.82) is 0 Å². The molecule has 1 aliphatic heterocycles. The fourth-order valence-electron chi connectivity index (χ4n) is 3.61. The van der Waals surface area contributed by atoms with Crippen molar-refractivity contribution in [3.8, 4) is 5.69 Å². The average molecular weight is 426 g/mol. The second kappa shape index (κ2) is 8.24. The molecule has 6 heteroatoms. The average Bonchev–Trinajstić information content (AvgIpc) is 3.42. The maximum Gasteiger partial charge on any atom is 0.256 e. The minimum atomic E-state index is -0.226. The Morgan fingerprint density at radius 2 is 1.39 bits per heavy atom. The Bertz CT molecular complexity index is 1250. The molecule has 0 aliphatic carbocycles. The van der Waals surface area contributed by atoms with Crippen LogP contribution >= 0.6 is 11.8 Å². The molecule has 31 heavy (non-hydrogen) atoms. The third-order valence-corrected chi connectivity index (χ3v) is 6.20. The molecule has 0 fully saturated rings. The topological polar surface area (TPSA) is 64.0 Å². The summed E-state index contributed by atoms with van der Waals surface area (Å²) < 4.78 is 1.80. The summed E-state index contributed by atoms with van der Waals surface area (Å²) >= 11 is 1.79. The monoisotopic (exact) mass is 425 g/mol. The molecular weight excluding hydrogens is 406 g/mol. The van der Waals surface area contributed by atoms with E-state index >= 15 is 0 Å². The van der Waals surface area contributed by atoms with Gasteiger partial charge < -0.3 is 5.32 Å². The van der Waals surface area contributed by atoms with Crippen LogP contribution in [-0.4, -0.2) is 21.5 Å². The number of aromatic nitrogens is 2. The molecule has 0 spiro atoms. The van der Waals surface area contributed by atoms with Gasteiger partial charge in [-0.3, -0.25) is 9.59 Å². The number of thioether (sulfide) groups is 1. The molecule has 0 unspecified atom stereocenters. The summed E-state index contributed by atoms with van der Waals surface area (Å²) in [5, 5.41) is 7.76. The van der Waals surface area contributed by atoms with E-state index in [0.717, 1.165) is 28.5 Å². The van der Waals surface area contributed by atoms with Crippen LogP contribution in [0.1, 0.15) is 37.5 Å². The van der Waals surface area contributed by atoms with E-state index < -0.39 is 0 Å². The van der Waals surface area contributed by atoms with Crippen LogP contribution in [0.3, 0.4) is 0 Å². The molecule has 4 aromatic rings. The molecule has 1 amide bonds. The molecule has 0 saturated heterocycles. The van der Waals surface area contributed by atoms with Gasteiger partial charge in [0.1, 0.15) is 5.82 Å². The number of benzene rings is 3. The minimum Gasteiger partial charge on any atom is -0.306 e. The van der Waals surface area contributed by atoms with Crippen molar-refractivity contribution in [3.05, 3.63) is 113 Å². The zero-order chi connectivity index (χ0) is 21.2. The van der Waals surface area contributed by atoms with Gasteiger partial charge in [-0.25, -0.2) is 4.68 Å². The number of nitrogens with one attached hydrogen (secondary N) is 1. The Balaban J connectivity index is 1.40. The number of anilines is 1. The summed E-state index contributed by atoms with van der Waals surface area (Å²) in [4.78, 5) is 25.6. The van der Waals surface area contributed by atoms with Crippen molar-refractivity contribution in [2.24, 2.45) is 0 Å². The van der Waals surface area contributed by atoms with Gasteiger partial charge in [-0.05, 0) is 24.3 Å². The predicted molar refractivity (Wildman–Crippen MR) is 123 cm³/mol. The molecule has 3 aromatic carbocycles. The molecule has 5 rings (SSSR count). The number of amides is 1. The van der Waals surface area contributed by atoms with Crippen LogP contribution in [0, 0.1) is 0 Å². The highest BCUT2D eigenvalue weighted by Crippen LogP contribution is 2.36. The van der Waals surface area contributed by atoms with Crippen LogP contribution in [0.15, 0.2) is 84.9 Å². The standard InChI is InChI=1S/C25H19N3O2S/c29-23(17-7-3-1-4-8-17)18-11-13-19(14-12-18)25(30)26-24-21-15-31-16-22(21)27-28(24)20-9-5-2-6-10-20/h1-14H,15-16H2,(H,26,30). The Hall–Kier alpha value is -3.64. The molecule has 0 bridgehead atoms. The number of ketones is 1. The van der Waals surface area contributed by atoms with E-state index in [1.807, 2.05) is 48.5 Å². The van der Waals surface area contributed by atoms with Gasteiger partial charge in [-0.15, -0.1) is 0 Å². The molecule has 5 nitrogen and oxygen atoms in total. The second-order valence-electron chi connectivity index (χ2n) is 7.24. The van der Waals surface area contributed by atoms with Crippen molar-refractivity contribution in [2.45, 2.75) is 11.5 Å². The first-order valence-corrected chi connectivity index (χ1v) is 11.1. The zero-order valence-corrected chi connectivity index (χ0v) is 17.4. The number of hydrogen-bond donors (Lipinski definition) is 1. The van der Waals surface area contributed by atoms with Crippen LogP contribution < -0.4 is 5.32 Å². The van der Waals surface area contributed by atoms with E-state index in [2.05, 4.69) is 5.32 Å². The molecule has 0 radical (unpaired) electrons. The van der Waals surface area contributed by atoms with Gasteiger partial charge >= 0.3 is 0 Å². The molecule has 1 aromatic heterocycles. The summed E-state index contributed by atoms with van der Waals surface area (Å²) in [6, 6.07) is 25.7. The molecule has 152 valence electrons. The predicted octanol–water partition coefficient (Wildman–Crippen LogP) is 5.10. The first-order valence-electron chi connectivity index (χ1n) is 9.96. The molecule has 0 saturated carbocycles. The van der Waals surface area contributed by atoms with E-state index in [4.69, 9.17) is 5.10 Å². The summed E-state index contributed by atoms with van der Waals surface area (Å²) in [6.07, 6.45) is 0. The molecule has 2 heterocycles. The van der Waals surface area contributed by atoms with Gasteiger partial charge in [0.2, 0.25) is 0 Å². The maximum atomic E-state index is 13.0. The third kappa shape index (κ3) is 3.78. The van der Waals surface area contributed by atoms with Gasteiger partial charge in [0.25, 0.3) is 5.91 Å². The first kappa shape index (κ1) is 19.3. The van der Waals surface area contributed by atoms with Crippen LogP contribution in [0.5, 0.6) is 0 Å². The van der Waals surface area contributed by atoms with E-state index in [0.29, 0.717) is 22.5 Å². The number of carbonyl (C=O) groups excluding carboxylic acids is 2. The van der Waals surface area contributed by atoms with Gasteiger partial charge in [0.15, 0.2) is 5.78 Å². The Morgan fingerprint density at radius 3 is 2.10 bits per heavy atom. The summed E-state index contributed by atoms with van der Waals surface area (Å²) in [5.74, 6) is 2.08. The number of carbonyl (C=O) groups is 2. The fraction of sp³-hybridized carbons (Fsp3) is 0.0800. The van der Waals surface area contributed by atoms with Crippen LogP contribution in [-0.2, 0) is 11.5 Å². The van der Waals surface area contributed by atoms with E-state index in [-0.39, 0.29) is 11.7 Å². The van der Waals surface area contributed by atoms with Gasteiger partial charge in [0, 0.05) is 33.8 Å². The van der Waals surface area contributed by atoms with Crippen molar-refractivity contribution < 1.29 is 9.59 Å². The molecule has 1 aliphatic rings. The first-order chi connectivity index (χ1) is 15.2. The van der Waals surface area contributed by atoms with Crippen LogP contribution in [0.4, 0.5) is 5.82 Å². The summed E-state index contributed by atoms with van der Waals surface area (Å²) in [7, 11) is 0. The number of nitrogens with zero attached hydrogens (tertiary/aromatic N) is 2. The van der Waals surface area contributed by atoms with Crippen molar-refractivity contribution >= 4 is 29.3 Å². The lowest BCUT2D eigenvalue weighted by molar-refractivity contribution is 0.101. The molecule has 0 atom stereocenters. The third-order valence-electron chi connectivity index (χ3n) is 5.23. The largest absolute Gasteiger partial charge is 0.306 e. The Labute approximate surface area is 184 Å². The fourth-order valence-corrected chi connectivity index (χ4v) is 4.64. The quantitative estimate of drug-likeness (QED) is 0.452. The lowest BCUT2D eigenvalue weighted by Crippen LogP contribution is -2.16. The molecule has 1 N–H and O–H groups in total. The number of fused-ring (bicyclic) bond motifs is 1. The lowest BCUT2D eigenvalue weighted by Gasteiger charge is -2.11. The van der Waals surface area contributed by atoms with Crippen molar-refractivity contribution in [2.75, 3.05) is 5.32 Å². The smallest absolute Gasteiger partial charge is 0.256 e. The van der Waals surface area contributed by atoms with Crippen LogP contribution in [0.25, 0.3) is 5.69 Å². The number of rotatable bonds is 5. The van der Waals surface area contributed by atoms with Gasteiger partial charge in [-0.1, -0.05) is 60.7 Å². The number of hydrogen-bond acceptors (Lipinski definition) is 4. The molecular formula is C25H19N3O2S. The minimum absolute atomic E-state index is 0.0652. The van der Waals surface area contributed by atoms with Crippen molar-refractivity contribution in [3.63, 3.8) is 0 Å².